The number of rotatable bonds is 2. The van der Waals surface area contributed by atoms with Gasteiger partial charge in [-0.05, 0) is 24.3 Å². The number of hydrogen-bond donors (Lipinski definition) is 3. The summed E-state index contributed by atoms with van der Waals surface area (Å²) in [7, 11) is 0. The van der Waals surface area contributed by atoms with Crippen molar-refractivity contribution in [1.29, 1.82) is 0 Å². The van der Waals surface area contributed by atoms with Crippen molar-refractivity contribution in [3.05, 3.63) is 24.3 Å². The van der Waals surface area contributed by atoms with E-state index in [1.54, 1.807) is 12.1 Å². The minimum absolute atomic E-state index is 0.126. The molecule has 1 aromatic carbocycles. The molecule has 6 heteroatoms. The molecule has 17 heavy (non-hydrogen) atoms. The quantitative estimate of drug-likeness (QED) is 0.707. The molecule has 1 aliphatic heterocycles. The van der Waals surface area contributed by atoms with Gasteiger partial charge in [-0.15, -0.1) is 0 Å². The fourth-order valence-corrected chi connectivity index (χ4v) is 1.86. The van der Waals surface area contributed by atoms with Gasteiger partial charge in [0.15, 0.2) is 0 Å². The number of hydrogen-bond acceptors (Lipinski definition) is 3. The minimum Gasteiger partial charge on any atom is -0.508 e. The van der Waals surface area contributed by atoms with Gasteiger partial charge in [0, 0.05) is 18.7 Å². The van der Waals surface area contributed by atoms with E-state index in [1.807, 2.05) is 0 Å². The zero-order valence-electron chi connectivity index (χ0n) is 8.96. The van der Waals surface area contributed by atoms with Crippen LogP contribution in [0.4, 0.5) is 10.5 Å². The van der Waals surface area contributed by atoms with Crippen LogP contribution in [0.1, 0.15) is 6.42 Å². The Morgan fingerprint density at radius 3 is 2.59 bits per heavy atom. The molecule has 2 amide bonds. The monoisotopic (exact) mass is 236 g/mol. The van der Waals surface area contributed by atoms with Crippen molar-refractivity contribution in [3.63, 3.8) is 0 Å². The lowest BCUT2D eigenvalue weighted by Crippen LogP contribution is -2.36. The van der Waals surface area contributed by atoms with Crippen molar-refractivity contribution < 1.29 is 19.8 Å². The predicted molar refractivity (Wildman–Crippen MR) is 60.0 cm³/mol. The molecule has 3 N–H and O–H groups in total. The highest BCUT2D eigenvalue weighted by Gasteiger charge is 2.31. The first-order valence-corrected chi connectivity index (χ1v) is 5.15. The van der Waals surface area contributed by atoms with Gasteiger partial charge in [0.25, 0.3) is 0 Å². The Balaban J connectivity index is 2.10. The highest BCUT2D eigenvalue weighted by molar-refractivity contribution is 5.96. The third kappa shape index (κ3) is 2.47. The molecule has 2 rings (SSSR count). The number of carbonyl (C=O) groups excluding carboxylic acids is 1. The SMILES string of the molecule is O=C(O)NC1CC(=O)N(c2ccc(O)cc2)C1. The van der Waals surface area contributed by atoms with Gasteiger partial charge in [-0.1, -0.05) is 0 Å². The third-order valence-electron chi connectivity index (χ3n) is 2.61. The molecule has 0 bridgehead atoms. The summed E-state index contributed by atoms with van der Waals surface area (Å²) in [6.07, 6.45) is -0.969. The molecule has 1 aromatic rings. The molecule has 0 aliphatic carbocycles. The van der Waals surface area contributed by atoms with E-state index in [1.165, 1.54) is 17.0 Å². The summed E-state index contributed by atoms with van der Waals surface area (Å²) in [5, 5.41) is 20.0. The molecule has 1 aliphatic rings. The maximum absolute atomic E-state index is 11.7. The number of phenolic OH excluding ortho intramolecular Hbond substituents is 1. The van der Waals surface area contributed by atoms with E-state index in [0.717, 1.165) is 0 Å². The standard InChI is InChI=1S/C11H12N2O4/c14-9-3-1-8(2-4-9)13-6-7(5-10(13)15)12-11(16)17/h1-4,7,12,14H,5-6H2,(H,16,17). The summed E-state index contributed by atoms with van der Waals surface area (Å²) >= 11 is 0. The fourth-order valence-electron chi connectivity index (χ4n) is 1.86. The van der Waals surface area contributed by atoms with Crippen LogP contribution in [-0.2, 0) is 4.79 Å². The Bertz CT molecular complexity index is 443. The second-order valence-corrected chi connectivity index (χ2v) is 3.87. The third-order valence-corrected chi connectivity index (χ3v) is 2.61. The highest BCUT2D eigenvalue weighted by atomic mass is 16.4. The fraction of sp³-hybridized carbons (Fsp3) is 0.273. The lowest BCUT2D eigenvalue weighted by Gasteiger charge is -2.16. The number of nitrogens with one attached hydrogen (secondary N) is 1. The van der Waals surface area contributed by atoms with Crippen LogP contribution < -0.4 is 10.2 Å². The molecular weight excluding hydrogens is 224 g/mol. The molecule has 1 atom stereocenters. The molecule has 6 nitrogen and oxygen atoms in total. The van der Waals surface area contributed by atoms with E-state index in [9.17, 15) is 9.59 Å². The van der Waals surface area contributed by atoms with Crippen LogP contribution in [0.2, 0.25) is 0 Å². The molecule has 0 radical (unpaired) electrons. The van der Waals surface area contributed by atoms with Gasteiger partial charge in [-0.25, -0.2) is 4.79 Å². The Kier molecular flexibility index (Phi) is 2.86. The van der Waals surface area contributed by atoms with Crippen molar-refractivity contribution in [2.24, 2.45) is 0 Å². The van der Waals surface area contributed by atoms with Gasteiger partial charge in [0.05, 0.1) is 6.04 Å². The van der Waals surface area contributed by atoms with E-state index in [0.29, 0.717) is 12.2 Å². The number of carboxylic acid groups (broad SMARTS) is 1. The summed E-state index contributed by atoms with van der Waals surface area (Å²) in [5.74, 6) is -0.00459. The van der Waals surface area contributed by atoms with Gasteiger partial charge < -0.3 is 20.4 Å². The van der Waals surface area contributed by atoms with Crippen LogP contribution in [0.5, 0.6) is 5.75 Å². The number of carbonyl (C=O) groups is 2. The van der Waals surface area contributed by atoms with E-state index < -0.39 is 6.09 Å². The van der Waals surface area contributed by atoms with Crippen molar-refractivity contribution in [1.82, 2.24) is 5.32 Å². The van der Waals surface area contributed by atoms with Crippen LogP contribution >= 0.6 is 0 Å². The van der Waals surface area contributed by atoms with E-state index in [-0.39, 0.29) is 24.1 Å². The summed E-state index contributed by atoms with van der Waals surface area (Å²) in [6.45, 7) is 0.315. The second-order valence-electron chi connectivity index (χ2n) is 3.87. The zero-order valence-corrected chi connectivity index (χ0v) is 8.96. The van der Waals surface area contributed by atoms with Gasteiger partial charge in [0.2, 0.25) is 5.91 Å². The molecule has 0 saturated carbocycles. The normalized spacial score (nSPS) is 19.4. The first-order chi connectivity index (χ1) is 8.06. The van der Waals surface area contributed by atoms with Gasteiger partial charge in [-0.3, -0.25) is 4.79 Å². The van der Waals surface area contributed by atoms with Crippen LogP contribution in [0.15, 0.2) is 24.3 Å². The largest absolute Gasteiger partial charge is 0.508 e. The average Bonchev–Trinajstić information content (AvgIpc) is 2.59. The summed E-state index contributed by atoms with van der Waals surface area (Å²) in [5.41, 5.74) is 0.655. The Morgan fingerprint density at radius 1 is 1.35 bits per heavy atom. The molecule has 1 fully saturated rings. The minimum atomic E-state index is -1.13. The lowest BCUT2D eigenvalue weighted by molar-refractivity contribution is -0.117. The van der Waals surface area contributed by atoms with E-state index in [4.69, 9.17) is 10.2 Å². The van der Waals surface area contributed by atoms with Crippen molar-refractivity contribution >= 4 is 17.7 Å². The number of benzene rings is 1. The van der Waals surface area contributed by atoms with Gasteiger partial charge >= 0.3 is 6.09 Å². The summed E-state index contributed by atoms with van der Waals surface area (Å²) in [4.78, 5) is 23.7. The van der Waals surface area contributed by atoms with Crippen LogP contribution in [0.25, 0.3) is 0 Å². The van der Waals surface area contributed by atoms with E-state index in [2.05, 4.69) is 5.32 Å². The van der Waals surface area contributed by atoms with Crippen LogP contribution in [0.3, 0.4) is 0 Å². The number of anilines is 1. The highest BCUT2D eigenvalue weighted by Crippen LogP contribution is 2.23. The van der Waals surface area contributed by atoms with Crippen LogP contribution in [-0.4, -0.2) is 34.8 Å². The molecule has 0 spiro atoms. The molecular formula is C11H12N2O4. The molecule has 0 aromatic heterocycles. The average molecular weight is 236 g/mol. The number of amides is 2. The smallest absolute Gasteiger partial charge is 0.404 e. The Hall–Kier alpha value is -2.24. The molecule has 1 saturated heterocycles. The van der Waals surface area contributed by atoms with Crippen molar-refractivity contribution in [2.45, 2.75) is 12.5 Å². The predicted octanol–water partition coefficient (Wildman–Crippen LogP) is 0.765. The first-order valence-electron chi connectivity index (χ1n) is 5.15. The first kappa shape index (κ1) is 11.3. The van der Waals surface area contributed by atoms with Crippen molar-refractivity contribution in [2.75, 3.05) is 11.4 Å². The second kappa shape index (κ2) is 4.32. The van der Waals surface area contributed by atoms with E-state index >= 15 is 0 Å². The molecule has 1 heterocycles. The molecule has 90 valence electrons. The topological polar surface area (TPSA) is 89.9 Å². The lowest BCUT2D eigenvalue weighted by atomic mass is 10.2. The zero-order chi connectivity index (χ0) is 12.4. The number of phenols is 1. The maximum Gasteiger partial charge on any atom is 0.404 e. The number of aromatic hydroxyl groups is 1. The number of nitrogens with zero attached hydrogens (tertiary/aromatic N) is 1. The van der Waals surface area contributed by atoms with Crippen molar-refractivity contribution in [3.8, 4) is 5.75 Å². The summed E-state index contributed by atoms with van der Waals surface area (Å²) in [6, 6.07) is 5.84. The van der Waals surface area contributed by atoms with Gasteiger partial charge in [0.1, 0.15) is 5.75 Å². The molecule has 1 unspecified atom stereocenters. The van der Waals surface area contributed by atoms with Gasteiger partial charge in [-0.2, -0.15) is 0 Å². The Labute approximate surface area is 97.5 Å². The summed E-state index contributed by atoms with van der Waals surface area (Å²) < 4.78 is 0. The Morgan fingerprint density at radius 2 is 2.00 bits per heavy atom. The van der Waals surface area contributed by atoms with Crippen LogP contribution in [0, 0.1) is 0 Å². The maximum atomic E-state index is 11.7.